The van der Waals surface area contributed by atoms with Crippen LogP contribution >= 0.6 is 0 Å². The Morgan fingerprint density at radius 2 is 1.65 bits per heavy atom. The van der Waals surface area contributed by atoms with Gasteiger partial charge < -0.3 is 5.32 Å². The average Bonchev–Trinajstić information content (AvgIpc) is 2.45. The van der Waals surface area contributed by atoms with Crippen molar-refractivity contribution in [1.29, 1.82) is 0 Å². The third-order valence-corrected chi connectivity index (χ3v) is 2.92. The molecule has 0 atom stereocenters. The largest absolute Gasteiger partial charge is 0.416 e. The molecule has 0 radical (unpaired) electrons. The van der Waals surface area contributed by atoms with Gasteiger partial charge in [-0.1, -0.05) is 30.3 Å². The van der Waals surface area contributed by atoms with Gasteiger partial charge in [0.1, 0.15) is 0 Å². The second kappa shape index (κ2) is 5.36. The highest BCUT2D eigenvalue weighted by atomic mass is 19.4. The molecule has 0 aromatic heterocycles. The van der Waals surface area contributed by atoms with Crippen LogP contribution in [0.5, 0.6) is 0 Å². The highest BCUT2D eigenvalue weighted by molar-refractivity contribution is 6.00. The quantitative estimate of drug-likeness (QED) is 0.886. The van der Waals surface area contributed by atoms with Gasteiger partial charge in [0.25, 0.3) is 5.91 Å². The van der Waals surface area contributed by atoms with Crippen molar-refractivity contribution in [2.24, 2.45) is 0 Å². The molecule has 0 fully saturated rings. The number of nitrogens with one attached hydrogen (secondary N) is 1. The summed E-state index contributed by atoms with van der Waals surface area (Å²) in [7, 11) is 1.51. The van der Waals surface area contributed by atoms with E-state index in [9.17, 15) is 18.0 Å². The number of hydrogen-bond acceptors (Lipinski definition) is 1. The first-order chi connectivity index (χ1) is 9.43. The number of alkyl halides is 3. The van der Waals surface area contributed by atoms with Crippen LogP contribution in [0, 0.1) is 0 Å². The summed E-state index contributed by atoms with van der Waals surface area (Å²) in [6.45, 7) is 0. The predicted molar refractivity (Wildman–Crippen MR) is 72.4 cm³/mol. The van der Waals surface area contributed by atoms with Gasteiger partial charge >= 0.3 is 6.18 Å². The molecule has 2 nitrogen and oxygen atoms in total. The third kappa shape index (κ3) is 2.82. The number of rotatable bonds is 2. The normalized spacial score (nSPS) is 11.2. The van der Waals surface area contributed by atoms with Crippen LogP contribution in [0.3, 0.4) is 0 Å². The first kappa shape index (κ1) is 14.1. The molecule has 2 aromatic rings. The molecule has 0 spiro atoms. The van der Waals surface area contributed by atoms with Gasteiger partial charge in [0.2, 0.25) is 0 Å². The molecule has 106 valence electrons. The minimum Gasteiger partial charge on any atom is -0.355 e. The minimum atomic E-state index is -4.36. The zero-order valence-electron chi connectivity index (χ0n) is 10.7. The van der Waals surface area contributed by atoms with E-state index in [1.807, 2.05) is 0 Å². The molecule has 2 aromatic carbocycles. The van der Waals surface area contributed by atoms with E-state index in [1.54, 1.807) is 24.3 Å². The molecule has 5 heteroatoms. The van der Waals surface area contributed by atoms with Crippen LogP contribution in [0.4, 0.5) is 13.2 Å². The SMILES string of the molecule is CNC(=O)c1ccccc1-c1ccc(C(F)(F)F)cc1.[HH]. The van der Waals surface area contributed by atoms with E-state index < -0.39 is 11.7 Å². The number of halogens is 3. The maximum absolute atomic E-state index is 12.5. The smallest absolute Gasteiger partial charge is 0.355 e. The van der Waals surface area contributed by atoms with Crippen LogP contribution in [0.2, 0.25) is 0 Å². The van der Waals surface area contributed by atoms with Gasteiger partial charge in [-0.2, -0.15) is 13.2 Å². The first-order valence-electron chi connectivity index (χ1n) is 5.92. The molecule has 0 heterocycles. The maximum Gasteiger partial charge on any atom is 0.416 e. The van der Waals surface area contributed by atoms with E-state index in [0.29, 0.717) is 16.7 Å². The number of benzene rings is 2. The molecular weight excluding hydrogens is 267 g/mol. The Kier molecular flexibility index (Phi) is 3.79. The lowest BCUT2D eigenvalue weighted by atomic mass is 9.98. The van der Waals surface area contributed by atoms with Gasteiger partial charge in [0.05, 0.1) is 5.56 Å². The summed E-state index contributed by atoms with van der Waals surface area (Å²) in [5.74, 6) is -0.277. The van der Waals surface area contributed by atoms with E-state index in [1.165, 1.54) is 19.2 Å². The predicted octanol–water partition coefficient (Wildman–Crippen LogP) is 3.98. The molecule has 0 aliphatic rings. The standard InChI is InChI=1S/C15H12F3NO.H2/c1-19-14(20)13-5-3-2-4-12(13)10-6-8-11(9-7-10)15(16,17)18;/h2-9H,1H3,(H,19,20);1H. The lowest BCUT2D eigenvalue weighted by molar-refractivity contribution is -0.137. The summed E-state index contributed by atoms with van der Waals surface area (Å²) in [5, 5.41) is 2.51. The fourth-order valence-corrected chi connectivity index (χ4v) is 1.91. The second-order valence-corrected chi connectivity index (χ2v) is 4.20. The van der Waals surface area contributed by atoms with Crippen molar-refractivity contribution in [3.63, 3.8) is 0 Å². The molecule has 0 saturated heterocycles. The van der Waals surface area contributed by atoms with E-state index in [2.05, 4.69) is 5.32 Å². The Labute approximate surface area is 115 Å². The molecular formula is C15H14F3NO. The Balaban J connectivity index is 0.00000220. The third-order valence-electron chi connectivity index (χ3n) is 2.92. The summed E-state index contributed by atoms with van der Waals surface area (Å²) in [5.41, 5.74) is 0.881. The number of hydrogen-bond donors (Lipinski definition) is 1. The van der Waals surface area contributed by atoms with Crippen molar-refractivity contribution in [3.05, 3.63) is 59.7 Å². The van der Waals surface area contributed by atoms with E-state index in [-0.39, 0.29) is 7.33 Å². The fourth-order valence-electron chi connectivity index (χ4n) is 1.91. The van der Waals surface area contributed by atoms with Crippen molar-refractivity contribution < 1.29 is 19.4 Å². The zero-order chi connectivity index (χ0) is 14.8. The number of amides is 1. The molecule has 20 heavy (non-hydrogen) atoms. The first-order valence-corrected chi connectivity index (χ1v) is 5.92. The summed E-state index contributed by atoms with van der Waals surface area (Å²) < 4.78 is 37.6. The Bertz CT molecular complexity index is 624. The highest BCUT2D eigenvalue weighted by Crippen LogP contribution is 2.31. The number of carbonyl (C=O) groups excluding carboxylic acids is 1. The van der Waals surface area contributed by atoms with Crippen molar-refractivity contribution in [1.82, 2.24) is 5.32 Å². The highest BCUT2D eigenvalue weighted by Gasteiger charge is 2.30. The van der Waals surface area contributed by atoms with Gasteiger partial charge in [-0.05, 0) is 29.3 Å². The molecule has 2 rings (SSSR count). The number of carbonyl (C=O) groups is 1. The fraction of sp³-hybridized carbons (Fsp3) is 0.133. The van der Waals surface area contributed by atoms with Crippen molar-refractivity contribution >= 4 is 5.91 Å². The van der Waals surface area contributed by atoms with Crippen LogP contribution in [0.15, 0.2) is 48.5 Å². The van der Waals surface area contributed by atoms with Gasteiger partial charge in [0, 0.05) is 14.0 Å². The Morgan fingerprint density at radius 1 is 1.05 bits per heavy atom. The lowest BCUT2D eigenvalue weighted by Crippen LogP contribution is -2.18. The molecule has 0 aliphatic carbocycles. The van der Waals surface area contributed by atoms with Gasteiger partial charge in [-0.3, -0.25) is 4.79 Å². The molecule has 1 amide bonds. The molecule has 0 aliphatic heterocycles. The monoisotopic (exact) mass is 281 g/mol. The molecule has 0 saturated carbocycles. The van der Waals surface area contributed by atoms with Crippen molar-refractivity contribution in [2.45, 2.75) is 6.18 Å². The van der Waals surface area contributed by atoms with Gasteiger partial charge in [-0.15, -0.1) is 0 Å². The van der Waals surface area contributed by atoms with Gasteiger partial charge in [-0.25, -0.2) is 0 Å². The van der Waals surface area contributed by atoms with Crippen LogP contribution in [0.25, 0.3) is 11.1 Å². The van der Waals surface area contributed by atoms with Crippen LogP contribution < -0.4 is 5.32 Å². The maximum atomic E-state index is 12.5. The lowest BCUT2D eigenvalue weighted by Gasteiger charge is -2.10. The summed E-state index contributed by atoms with van der Waals surface area (Å²) in [6.07, 6.45) is -4.36. The van der Waals surface area contributed by atoms with E-state index >= 15 is 0 Å². The van der Waals surface area contributed by atoms with Crippen LogP contribution in [-0.2, 0) is 6.18 Å². The summed E-state index contributed by atoms with van der Waals surface area (Å²) in [4.78, 5) is 11.7. The summed E-state index contributed by atoms with van der Waals surface area (Å²) in [6, 6.07) is 11.5. The van der Waals surface area contributed by atoms with Crippen LogP contribution in [0.1, 0.15) is 17.3 Å². The van der Waals surface area contributed by atoms with E-state index in [4.69, 9.17) is 0 Å². The van der Waals surface area contributed by atoms with Gasteiger partial charge in [0.15, 0.2) is 0 Å². The van der Waals surface area contributed by atoms with Crippen LogP contribution in [-0.4, -0.2) is 13.0 Å². The van der Waals surface area contributed by atoms with Crippen molar-refractivity contribution in [3.8, 4) is 11.1 Å². The summed E-state index contributed by atoms with van der Waals surface area (Å²) >= 11 is 0. The molecule has 0 bridgehead atoms. The zero-order valence-corrected chi connectivity index (χ0v) is 10.7. The van der Waals surface area contributed by atoms with E-state index in [0.717, 1.165) is 12.1 Å². The molecule has 0 unspecified atom stereocenters. The molecule has 1 N–H and O–H groups in total. The topological polar surface area (TPSA) is 29.1 Å². The minimum absolute atomic E-state index is 0. The Morgan fingerprint density at radius 3 is 2.20 bits per heavy atom. The Hall–Kier alpha value is -2.30. The van der Waals surface area contributed by atoms with Crippen molar-refractivity contribution in [2.75, 3.05) is 7.05 Å². The average molecular weight is 281 g/mol. The second-order valence-electron chi connectivity index (χ2n) is 4.20.